The molecular formula is C15H21N3O4. The number of ether oxygens (including phenoxy) is 2. The van der Waals surface area contributed by atoms with Gasteiger partial charge in [0.2, 0.25) is 0 Å². The summed E-state index contributed by atoms with van der Waals surface area (Å²) in [5.74, 6) is -0.701. The number of aryl methyl sites for hydroxylation is 2. The van der Waals surface area contributed by atoms with E-state index < -0.39 is 5.97 Å². The minimum Gasteiger partial charge on any atom is -0.492 e. The number of carboxylic acids is 1. The Balaban J connectivity index is 2.41. The third kappa shape index (κ3) is 3.19. The molecule has 2 heterocycles. The van der Waals surface area contributed by atoms with Crippen molar-refractivity contribution in [3.8, 4) is 5.75 Å². The molecule has 0 unspecified atom stereocenters. The average molecular weight is 307 g/mol. The van der Waals surface area contributed by atoms with Gasteiger partial charge in [-0.15, -0.1) is 0 Å². The number of aromatic carboxylic acids is 1. The number of hydrogen-bond donors (Lipinski definition) is 1. The molecule has 7 heteroatoms. The fourth-order valence-corrected chi connectivity index (χ4v) is 2.34. The zero-order valence-corrected chi connectivity index (χ0v) is 13.1. The number of nitrogens with zero attached hydrogens (tertiary/aromatic N) is 3. The molecular weight excluding hydrogens is 286 g/mol. The van der Waals surface area contributed by atoms with Crippen LogP contribution < -0.4 is 4.74 Å². The van der Waals surface area contributed by atoms with Crippen LogP contribution in [-0.2, 0) is 11.3 Å². The van der Waals surface area contributed by atoms with Gasteiger partial charge in [-0.2, -0.15) is 5.10 Å². The molecule has 0 bridgehead atoms. The van der Waals surface area contributed by atoms with E-state index in [1.165, 1.54) is 0 Å². The Hall–Kier alpha value is -2.15. The van der Waals surface area contributed by atoms with Crippen molar-refractivity contribution in [1.82, 2.24) is 14.8 Å². The summed E-state index contributed by atoms with van der Waals surface area (Å²) in [5.41, 5.74) is 1.17. The second-order valence-electron chi connectivity index (χ2n) is 4.79. The van der Waals surface area contributed by atoms with E-state index in [-0.39, 0.29) is 5.56 Å². The van der Waals surface area contributed by atoms with Crippen molar-refractivity contribution in [1.29, 1.82) is 0 Å². The van der Waals surface area contributed by atoms with Crippen LogP contribution in [0.25, 0.3) is 11.0 Å². The van der Waals surface area contributed by atoms with Crippen LogP contribution in [0, 0.1) is 6.92 Å². The number of rotatable bonds is 8. The predicted molar refractivity (Wildman–Crippen MR) is 81.5 cm³/mol. The van der Waals surface area contributed by atoms with Gasteiger partial charge in [-0.25, -0.2) is 14.5 Å². The topological polar surface area (TPSA) is 86.5 Å². The van der Waals surface area contributed by atoms with Gasteiger partial charge in [-0.3, -0.25) is 0 Å². The molecule has 22 heavy (non-hydrogen) atoms. The first-order chi connectivity index (χ1) is 10.6. The van der Waals surface area contributed by atoms with Crippen molar-refractivity contribution >= 4 is 17.0 Å². The van der Waals surface area contributed by atoms with Gasteiger partial charge >= 0.3 is 5.97 Å². The lowest BCUT2D eigenvalue weighted by Crippen LogP contribution is -2.09. The van der Waals surface area contributed by atoms with Gasteiger partial charge in [0.25, 0.3) is 0 Å². The molecule has 0 aliphatic carbocycles. The normalized spacial score (nSPS) is 11.0. The minimum absolute atomic E-state index is 0.100. The van der Waals surface area contributed by atoms with E-state index in [9.17, 15) is 9.90 Å². The summed E-state index contributed by atoms with van der Waals surface area (Å²) in [7, 11) is 0. The number of carbonyl (C=O) groups is 1. The van der Waals surface area contributed by atoms with E-state index in [1.54, 1.807) is 17.8 Å². The summed E-state index contributed by atoms with van der Waals surface area (Å²) in [6.07, 6.45) is 2.43. The maximum atomic E-state index is 11.4. The predicted octanol–water partition coefficient (Wildman–Crippen LogP) is 2.26. The van der Waals surface area contributed by atoms with E-state index >= 15 is 0 Å². The largest absolute Gasteiger partial charge is 0.492 e. The van der Waals surface area contributed by atoms with Crippen LogP contribution in [0.2, 0.25) is 0 Å². The summed E-state index contributed by atoms with van der Waals surface area (Å²) in [6.45, 7) is 7.83. The first-order valence-electron chi connectivity index (χ1n) is 7.40. The van der Waals surface area contributed by atoms with E-state index in [0.717, 1.165) is 6.42 Å². The molecule has 2 aromatic heterocycles. The van der Waals surface area contributed by atoms with Crippen LogP contribution in [0.15, 0.2) is 6.20 Å². The number of carboxylic acid groups (broad SMARTS) is 1. The lowest BCUT2D eigenvalue weighted by molar-refractivity contribution is 0.0691. The molecule has 0 aliphatic rings. The maximum Gasteiger partial charge on any atom is 0.341 e. The summed E-state index contributed by atoms with van der Waals surface area (Å²) in [5, 5.41) is 14.3. The zero-order valence-electron chi connectivity index (χ0n) is 13.1. The van der Waals surface area contributed by atoms with Crippen LogP contribution >= 0.6 is 0 Å². The highest BCUT2D eigenvalue weighted by atomic mass is 16.5. The van der Waals surface area contributed by atoms with Gasteiger partial charge in [-0.05, 0) is 27.2 Å². The fourth-order valence-electron chi connectivity index (χ4n) is 2.34. The fraction of sp³-hybridized carbons (Fsp3) is 0.533. The molecule has 0 spiro atoms. The van der Waals surface area contributed by atoms with Crippen LogP contribution in [-0.4, -0.2) is 45.7 Å². The molecule has 1 N–H and O–H groups in total. The molecule has 0 saturated carbocycles. The van der Waals surface area contributed by atoms with Crippen molar-refractivity contribution in [2.45, 2.75) is 33.7 Å². The molecule has 2 aromatic rings. The van der Waals surface area contributed by atoms with Gasteiger partial charge in [-0.1, -0.05) is 0 Å². The van der Waals surface area contributed by atoms with Gasteiger partial charge in [0.15, 0.2) is 5.65 Å². The third-order valence-electron chi connectivity index (χ3n) is 3.28. The highest BCUT2D eigenvalue weighted by Gasteiger charge is 2.22. The highest BCUT2D eigenvalue weighted by molar-refractivity contribution is 5.99. The summed E-state index contributed by atoms with van der Waals surface area (Å²) in [4.78, 5) is 15.8. The summed E-state index contributed by atoms with van der Waals surface area (Å²) >= 11 is 0. The van der Waals surface area contributed by atoms with Crippen LogP contribution in [0.5, 0.6) is 5.75 Å². The quantitative estimate of drug-likeness (QED) is 0.753. The van der Waals surface area contributed by atoms with Gasteiger partial charge in [0, 0.05) is 19.8 Å². The molecule has 7 nitrogen and oxygen atoms in total. The Bertz CT molecular complexity index is 666. The summed E-state index contributed by atoms with van der Waals surface area (Å²) in [6, 6.07) is 0. The van der Waals surface area contributed by atoms with E-state index in [1.807, 2.05) is 13.8 Å². The molecule has 0 aliphatic heterocycles. The zero-order chi connectivity index (χ0) is 16.1. The van der Waals surface area contributed by atoms with Crippen molar-refractivity contribution < 1.29 is 19.4 Å². The SMILES string of the molecule is CCOCCCn1ncc2c(OCC)c(C(=O)O)c(C)nc21. The Morgan fingerprint density at radius 1 is 1.36 bits per heavy atom. The molecule has 0 atom stereocenters. The molecule has 0 saturated heterocycles. The number of hydrogen-bond acceptors (Lipinski definition) is 5. The molecule has 120 valence electrons. The van der Waals surface area contributed by atoms with Crippen molar-refractivity contribution in [2.75, 3.05) is 19.8 Å². The third-order valence-corrected chi connectivity index (χ3v) is 3.28. The van der Waals surface area contributed by atoms with Gasteiger partial charge in [0.05, 0.1) is 23.9 Å². The molecule has 0 amide bonds. The Labute approximate surface area is 128 Å². The van der Waals surface area contributed by atoms with Gasteiger partial charge in [0.1, 0.15) is 11.3 Å². The number of pyridine rings is 1. The number of fused-ring (bicyclic) bond motifs is 1. The monoisotopic (exact) mass is 307 g/mol. The molecule has 0 fully saturated rings. The van der Waals surface area contributed by atoms with Crippen LogP contribution in [0.3, 0.4) is 0 Å². The van der Waals surface area contributed by atoms with Crippen molar-refractivity contribution in [3.63, 3.8) is 0 Å². The van der Waals surface area contributed by atoms with Crippen LogP contribution in [0.4, 0.5) is 0 Å². The van der Waals surface area contributed by atoms with E-state index in [2.05, 4.69) is 10.1 Å². The Morgan fingerprint density at radius 2 is 2.14 bits per heavy atom. The minimum atomic E-state index is -1.04. The van der Waals surface area contributed by atoms with Gasteiger partial charge < -0.3 is 14.6 Å². The highest BCUT2D eigenvalue weighted by Crippen LogP contribution is 2.30. The van der Waals surface area contributed by atoms with Crippen molar-refractivity contribution in [2.24, 2.45) is 0 Å². The summed E-state index contributed by atoms with van der Waals surface area (Å²) < 4.78 is 12.6. The number of aromatic nitrogens is 3. The molecule has 0 aromatic carbocycles. The molecule has 0 radical (unpaired) electrons. The average Bonchev–Trinajstić information content (AvgIpc) is 2.86. The standard InChI is InChI=1S/C15H21N3O4/c1-4-21-8-6-7-18-14-11(9-16-18)13(22-5-2)12(15(19)20)10(3)17-14/h9H,4-8H2,1-3H3,(H,19,20). The second kappa shape index (κ2) is 7.22. The lowest BCUT2D eigenvalue weighted by Gasteiger charge is -2.11. The second-order valence-corrected chi connectivity index (χ2v) is 4.79. The van der Waals surface area contributed by atoms with E-state index in [4.69, 9.17) is 9.47 Å². The van der Waals surface area contributed by atoms with Crippen molar-refractivity contribution in [3.05, 3.63) is 17.5 Å². The lowest BCUT2D eigenvalue weighted by atomic mass is 10.1. The smallest absolute Gasteiger partial charge is 0.341 e. The first-order valence-corrected chi connectivity index (χ1v) is 7.40. The van der Waals surface area contributed by atoms with Crippen LogP contribution in [0.1, 0.15) is 36.3 Å². The first kappa shape index (κ1) is 16.2. The molecule has 2 rings (SSSR count). The Morgan fingerprint density at radius 3 is 2.77 bits per heavy atom. The maximum absolute atomic E-state index is 11.4. The van der Waals surface area contributed by atoms with E-state index in [0.29, 0.717) is 48.8 Å². The Kier molecular flexibility index (Phi) is 5.32.